The molecule has 96 valence electrons. The molecule has 0 aromatic heterocycles. The fraction of sp³-hybridized carbons (Fsp3) is 0.333. The van der Waals surface area contributed by atoms with E-state index in [1.165, 1.54) is 18.2 Å². The molecule has 3 nitrogen and oxygen atoms in total. The van der Waals surface area contributed by atoms with E-state index in [0.717, 1.165) is 12.8 Å². The van der Waals surface area contributed by atoms with Crippen molar-refractivity contribution in [2.45, 2.75) is 18.9 Å². The number of carbonyl (C=O) groups is 1. The second-order valence-electron chi connectivity index (χ2n) is 4.18. The lowest BCUT2D eigenvalue weighted by atomic mass is 10.1. The summed E-state index contributed by atoms with van der Waals surface area (Å²) in [5, 5.41) is 0. The lowest BCUT2D eigenvalue weighted by Gasteiger charge is -2.24. The summed E-state index contributed by atoms with van der Waals surface area (Å²) in [6, 6.07) is 3.83. The molecule has 1 aliphatic heterocycles. The minimum atomic E-state index is -0.437. The SMILES string of the molecule is NC(=S)C1CCCN1C(=O)c1cc(F)ccc1Br. The molecule has 6 heteroatoms. The molecule has 0 aliphatic carbocycles. The van der Waals surface area contributed by atoms with Crippen LogP contribution in [0.2, 0.25) is 0 Å². The average molecular weight is 331 g/mol. The molecule has 1 saturated heterocycles. The summed E-state index contributed by atoms with van der Waals surface area (Å²) in [6.45, 7) is 0.601. The summed E-state index contributed by atoms with van der Waals surface area (Å²) in [6.07, 6.45) is 1.63. The summed E-state index contributed by atoms with van der Waals surface area (Å²) < 4.78 is 13.8. The Morgan fingerprint density at radius 1 is 1.56 bits per heavy atom. The smallest absolute Gasteiger partial charge is 0.255 e. The van der Waals surface area contributed by atoms with Crippen LogP contribution in [0.1, 0.15) is 23.2 Å². The van der Waals surface area contributed by atoms with E-state index < -0.39 is 5.82 Å². The zero-order valence-corrected chi connectivity index (χ0v) is 11.9. The quantitative estimate of drug-likeness (QED) is 0.847. The van der Waals surface area contributed by atoms with Crippen molar-refractivity contribution in [1.82, 2.24) is 4.90 Å². The molecular formula is C12H12BrFN2OS. The van der Waals surface area contributed by atoms with Gasteiger partial charge >= 0.3 is 0 Å². The highest BCUT2D eigenvalue weighted by molar-refractivity contribution is 9.10. The topological polar surface area (TPSA) is 46.3 Å². The van der Waals surface area contributed by atoms with E-state index in [1.807, 2.05) is 0 Å². The maximum Gasteiger partial charge on any atom is 0.255 e. The van der Waals surface area contributed by atoms with Crippen LogP contribution in [0.25, 0.3) is 0 Å². The Morgan fingerprint density at radius 2 is 2.28 bits per heavy atom. The third-order valence-corrected chi connectivity index (χ3v) is 3.96. The first-order valence-electron chi connectivity index (χ1n) is 5.56. The van der Waals surface area contributed by atoms with Gasteiger partial charge in [0, 0.05) is 11.0 Å². The average Bonchev–Trinajstić information content (AvgIpc) is 2.80. The zero-order valence-electron chi connectivity index (χ0n) is 9.53. The Labute approximate surface area is 118 Å². The van der Waals surface area contributed by atoms with E-state index in [4.69, 9.17) is 18.0 Å². The van der Waals surface area contributed by atoms with Crippen LogP contribution in [0.4, 0.5) is 4.39 Å². The highest BCUT2D eigenvalue weighted by Gasteiger charge is 2.32. The van der Waals surface area contributed by atoms with Crippen molar-refractivity contribution in [3.63, 3.8) is 0 Å². The fourth-order valence-electron chi connectivity index (χ4n) is 2.12. The van der Waals surface area contributed by atoms with Crippen molar-refractivity contribution in [3.8, 4) is 0 Å². The molecule has 0 radical (unpaired) electrons. The van der Waals surface area contributed by atoms with Crippen LogP contribution >= 0.6 is 28.1 Å². The van der Waals surface area contributed by atoms with Gasteiger partial charge in [-0.05, 0) is 47.0 Å². The number of nitrogens with two attached hydrogens (primary N) is 1. The van der Waals surface area contributed by atoms with E-state index in [9.17, 15) is 9.18 Å². The van der Waals surface area contributed by atoms with Gasteiger partial charge in [0.2, 0.25) is 0 Å². The Morgan fingerprint density at radius 3 is 2.94 bits per heavy atom. The summed E-state index contributed by atoms with van der Waals surface area (Å²) in [4.78, 5) is 14.3. The van der Waals surface area contributed by atoms with Crippen LogP contribution in [-0.4, -0.2) is 28.4 Å². The lowest BCUT2D eigenvalue weighted by molar-refractivity contribution is 0.0769. The van der Waals surface area contributed by atoms with Gasteiger partial charge < -0.3 is 10.6 Å². The van der Waals surface area contributed by atoms with E-state index in [-0.39, 0.29) is 11.9 Å². The minimum absolute atomic E-state index is 0.220. The zero-order chi connectivity index (χ0) is 13.3. The molecule has 1 aromatic carbocycles. The Hall–Kier alpha value is -1.01. The van der Waals surface area contributed by atoms with Gasteiger partial charge in [-0.3, -0.25) is 4.79 Å². The number of carbonyl (C=O) groups excluding carboxylic acids is 1. The van der Waals surface area contributed by atoms with Crippen molar-refractivity contribution in [1.29, 1.82) is 0 Å². The van der Waals surface area contributed by atoms with Gasteiger partial charge in [-0.25, -0.2) is 4.39 Å². The first-order chi connectivity index (χ1) is 8.50. The van der Waals surface area contributed by atoms with Crippen LogP contribution in [0.15, 0.2) is 22.7 Å². The first-order valence-corrected chi connectivity index (χ1v) is 6.76. The summed E-state index contributed by atoms with van der Waals surface area (Å²) >= 11 is 8.22. The minimum Gasteiger partial charge on any atom is -0.392 e. The van der Waals surface area contributed by atoms with Gasteiger partial charge in [-0.1, -0.05) is 12.2 Å². The van der Waals surface area contributed by atoms with Crippen molar-refractivity contribution >= 4 is 39.0 Å². The third kappa shape index (κ3) is 2.54. The molecule has 0 saturated carbocycles. The van der Waals surface area contributed by atoms with Gasteiger partial charge in [0.1, 0.15) is 5.82 Å². The molecule has 1 fully saturated rings. The number of hydrogen-bond donors (Lipinski definition) is 1. The second-order valence-corrected chi connectivity index (χ2v) is 5.51. The van der Waals surface area contributed by atoms with E-state index >= 15 is 0 Å². The Kier molecular flexibility index (Phi) is 3.97. The molecule has 0 bridgehead atoms. The predicted octanol–water partition coefficient (Wildman–Crippen LogP) is 2.48. The van der Waals surface area contributed by atoms with Crippen molar-refractivity contribution in [2.24, 2.45) is 5.73 Å². The van der Waals surface area contributed by atoms with Crippen molar-refractivity contribution < 1.29 is 9.18 Å². The largest absolute Gasteiger partial charge is 0.392 e. The summed E-state index contributed by atoms with van der Waals surface area (Å²) in [5.41, 5.74) is 5.93. The van der Waals surface area contributed by atoms with Gasteiger partial charge in [0.05, 0.1) is 16.6 Å². The molecule has 2 N–H and O–H groups in total. The van der Waals surface area contributed by atoms with E-state index in [0.29, 0.717) is 21.6 Å². The van der Waals surface area contributed by atoms with Gasteiger partial charge in [-0.2, -0.15) is 0 Å². The Bertz CT molecular complexity index is 509. The first kappa shape index (κ1) is 13.4. The molecule has 1 unspecified atom stereocenters. The molecule has 1 heterocycles. The van der Waals surface area contributed by atoms with Gasteiger partial charge in [0.25, 0.3) is 5.91 Å². The van der Waals surface area contributed by atoms with E-state index in [1.54, 1.807) is 4.90 Å². The molecule has 0 spiro atoms. The molecular weight excluding hydrogens is 319 g/mol. The molecule has 18 heavy (non-hydrogen) atoms. The van der Waals surface area contributed by atoms with Gasteiger partial charge in [0.15, 0.2) is 0 Å². The van der Waals surface area contributed by atoms with Crippen molar-refractivity contribution in [2.75, 3.05) is 6.54 Å². The highest BCUT2D eigenvalue weighted by atomic mass is 79.9. The molecule has 1 aromatic rings. The number of benzene rings is 1. The Balaban J connectivity index is 2.31. The van der Waals surface area contributed by atoms with Crippen LogP contribution in [-0.2, 0) is 0 Å². The van der Waals surface area contributed by atoms with E-state index in [2.05, 4.69) is 15.9 Å². The molecule has 1 atom stereocenters. The highest BCUT2D eigenvalue weighted by Crippen LogP contribution is 2.25. The number of likely N-dealkylation sites (tertiary alicyclic amines) is 1. The molecule has 2 rings (SSSR count). The normalized spacial score (nSPS) is 19.0. The summed E-state index contributed by atoms with van der Waals surface area (Å²) in [5.74, 6) is -0.677. The number of halogens is 2. The van der Waals surface area contributed by atoms with Crippen LogP contribution in [0, 0.1) is 5.82 Å². The van der Waals surface area contributed by atoms with Crippen LogP contribution in [0.3, 0.4) is 0 Å². The molecule has 1 amide bonds. The fourth-order valence-corrected chi connectivity index (χ4v) is 2.78. The maximum atomic E-state index is 13.2. The van der Waals surface area contributed by atoms with Crippen LogP contribution < -0.4 is 5.73 Å². The number of amides is 1. The standard InChI is InChI=1S/C12H12BrFN2OS/c13-9-4-3-7(14)6-8(9)12(17)16-5-1-2-10(16)11(15)18/h3-4,6,10H,1-2,5H2,(H2,15,18). The lowest BCUT2D eigenvalue weighted by Crippen LogP contribution is -2.43. The monoisotopic (exact) mass is 330 g/mol. The number of thiocarbonyl (C=S) groups is 1. The van der Waals surface area contributed by atoms with Crippen molar-refractivity contribution in [3.05, 3.63) is 34.1 Å². The number of rotatable bonds is 2. The second kappa shape index (κ2) is 5.32. The summed E-state index contributed by atoms with van der Waals surface area (Å²) in [7, 11) is 0. The third-order valence-electron chi connectivity index (χ3n) is 3.00. The predicted molar refractivity (Wildman–Crippen MR) is 74.9 cm³/mol. The number of nitrogens with zero attached hydrogens (tertiary/aromatic N) is 1. The number of hydrogen-bond acceptors (Lipinski definition) is 2. The molecule has 1 aliphatic rings. The maximum absolute atomic E-state index is 13.2. The van der Waals surface area contributed by atoms with Crippen LogP contribution in [0.5, 0.6) is 0 Å². The van der Waals surface area contributed by atoms with Gasteiger partial charge in [-0.15, -0.1) is 0 Å².